The molecule has 0 amide bonds. The van der Waals surface area contributed by atoms with E-state index in [9.17, 15) is 45.7 Å². The van der Waals surface area contributed by atoms with Crippen molar-refractivity contribution in [2.75, 3.05) is 0 Å². The lowest BCUT2D eigenvalue weighted by atomic mass is 10.0. The molecule has 4 unspecified atom stereocenters. The first-order valence-electron chi connectivity index (χ1n) is 19.9. The van der Waals surface area contributed by atoms with Crippen LogP contribution in [-0.2, 0) is 38.6 Å². The minimum atomic E-state index is -5.15. The van der Waals surface area contributed by atoms with Crippen LogP contribution in [0.5, 0.6) is 0 Å². The number of ether oxygens (including phenoxy) is 2. The van der Waals surface area contributed by atoms with Crippen LogP contribution >= 0.6 is 0 Å². The molecule has 16 heteroatoms. The predicted molar refractivity (Wildman–Crippen MR) is 204 cm³/mol. The molecule has 0 aliphatic heterocycles. The summed E-state index contributed by atoms with van der Waals surface area (Å²) in [5, 5.41) is 21.2. The zero-order chi connectivity index (χ0) is 40.2. The lowest BCUT2D eigenvalue weighted by Gasteiger charge is -2.22. The monoisotopic (exact) mass is 810 g/mol. The number of hydrogen-bond donors (Lipinski definition) is 4. The van der Waals surface area contributed by atoms with E-state index in [0.717, 1.165) is 70.3 Å². The van der Waals surface area contributed by atoms with Crippen LogP contribution in [0.4, 0.5) is 0 Å². The third-order valence-corrected chi connectivity index (χ3v) is 9.91. The van der Waals surface area contributed by atoms with Crippen molar-refractivity contribution < 1.29 is 63.6 Å². The molecule has 4 N–H and O–H groups in total. The summed E-state index contributed by atoms with van der Waals surface area (Å²) in [6.45, 7) is 4.36. The summed E-state index contributed by atoms with van der Waals surface area (Å²) in [5.74, 6) is -2.45. The Labute approximate surface area is 323 Å². The largest absolute Gasteiger partial charge is 0.428 e. The van der Waals surface area contributed by atoms with Gasteiger partial charge in [-0.05, 0) is 31.0 Å². The highest BCUT2D eigenvalue weighted by Gasteiger charge is 2.31. The first-order chi connectivity index (χ1) is 25.7. The summed E-state index contributed by atoms with van der Waals surface area (Å²) in [5.41, 5.74) is -0.631. The Kier molecular flexibility index (Phi) is 26.9. The molecule has 0 bridgehead atoms. The molecule has 0 fully saturated rings. The van der Waals surface area contributed by atoms with Gasteiger partial charge in [-0.2, -0.15) is 16.8 Å². The van der Waals surface area contributed by atoms with E-state index in [1.54, 1.807) is 0 Å². The molecule has 0 aliphatic rings. The maximum Gasteiger partial charge on any atom is 0.400 e. The van der Waals surface area contributed by atoms with Crippen molar-refractivity contribution in [1.82, 2.24) is 0 Å². The van der Waals surface area contributed by atoms with Gasteiger partial charge < -0.3 is 19.7 Å². The normalized spacial score (nSPS) is 14.3. The van der Waals surface area contributed by atoms with Crippen molar-refractivity contribution in [2.45, 2.75) is 193 Å². The maximum absolute atomic E-state index is 13.0. The number of esters is 2. The van der Waals surface area contributed by atoms with Crippen molar-refractivity contribution in [3.8, 4) is 0 Å². The topological polar surface area (TPSA) is 220 Å². The van der Waals surface area contributed by atoms with Crippen LogP contribution < -0.4 is 0 Å². The SMILES string of the molecule is CCCCCCCCCCCCCC(O)C(OC(=O)c1cccc(C(=O)OC(OS(=O)(=O)O)C(O)CCCCCCCCCCCCC)c1)OS(=O)(=O)O. The fraction of sp³-hybridized carbons (Fsp3) is 0.789. The number of hydrogen-bond acceptors (Lipinski definition) is 12. The van der Waals surface area contributed by atoms with Gasteiger partial charge in [-0.25, -0.2) is 18.0 Å². The van der Waals surface area contributed by atoms with E-state index in [2.05, 4.69) is 22.2 Å². The molecular formula is C38H66O14S2. The van der Waals surface area contributed by atoms with E-state index in [-0.39, 0.29) is 24.0 Å². The van der Waals surface area contributed by atoms with E-state index >= 15 is 0 Å². The number of unbranched alkanes of at least 4 members (excludes halogenated alkanes) is 20. The molecule has 54 heavy (non-hydrogen) atoms. The average Bonchev–Trinajstić information content (AvgIpc) is 3.11. The molecule has 0 aromatic heterocycles. The fourth-order valence-electron chi connectivity index (χ4n) is 5.99. The molecule has 0 heterocycles. The quantitative estimate of drug-likeness (QED) is 0.0222. The van der Waals surface area contributed by atoms with Gasteiger partial charge in [0.25, 0.3) is 0 Å². The second-order valence-electron chi connectivity index (χ2n) is 14.0. The average molecular weight is 811 g/mol. The second-order valence-corrected chi connectivity index (χ2v) is 16.1. The highest BCUT2D eigenvalue weighted by atomic mass is 32.3. The lowest BCUT2D eigenvalue weighted by molar-refractivity contribution is -0.117. The van der Waals surface area contributed by atoms with Crippen molar-refractivity contribution in [3.63, 3.8) is 0 Å². The maximum atomic E-state index is 13.0. The van der Waals surface area contributed by atoms with E-state index in [4.69, 9.17) is 9.47 Å². The van der Waals surface area contributed by atoms with Crippen LogP contribution in [-0.4, -0.2) is 72.9 Å². The van der Waals surface area contributed by atoms with Gasteiger partial charge in [0.15, 0.2) is 0 Å². The number of rotatable bonds is 34. The van der Waals surface area contributed by atoms with Gasteiger partial charge in [0.1, 0.15) is 12.2 Å². The molecule has 1 aromatic carbocycles. The summed E-state index contributed by atoms with van der Waals surface area (Å²) >= 11 is 0. The third kappa shape index (κ3) is 25.8. The van der Waals surface area contributed by atoms with E-state index in [0.29, 0.717) is 12.8 Å². The van der Waals surface area contributed by atoms with Crippen LogP contribution in [0.25, 0.3) is 0 Å². The zero-order valence-electron chi connectivity index (χ0n) is 32.3. The highest BCUT2D eigenvalue weighted by Crippen LogP contribution is 2.20. The van der Waals surface area contributed by atoms with Crippen LogP contribution in [0.1, 0.15) is 189 Å². The Morgan fingerprint density at radius 3 is 1.07 bits per heavy atom. The van der Waals surface area contributed by atoms with Crippen molar-refractivity contribution in [1.29, 1.82) is 0 Å². The Morgan fingerprint density at radius 1 is 0.519 bits per heavy atom. The Hall–Kier alpha value is -2.18. The smallest absolute Gasteiger partial charge is 0.400 e. The molecule has 1 aromatic rings. The van der Waals surface area contributed by atoms with Crippen LogP contribution in [0.15, 0.2) is 24.3 Å². The van der Waals surface area contributed by atoms with Gasteiger partial charge in [-0.3, -0.25) is 9.11 Å². The van der Waals surface area contributed by atoms with Gasteiger partial charge in [-0.15, -0.1) is 0 Å². The molecule has 0 spiro atoms. The lowest BCUT2D eigenvalue weighted by Crippen LogP contribution is -2.36. The Morgan fingerprint density at radius 2 is 0.796 bits per heavy atom. The third-order valence-electron chi connectivity index (χ3n) is 9.05. The number of aliphatic hydroxyl groups is 2. The minimum Gasteiger partial charge on any atom is -0.428 e. The Balaban J connectivity index is 2.71. The van der Waals surface area contributed by atoms with Gasteiger partial charge in [0.05, 0.1) is 11.1 Å². The standard InChI is InChI=1S/C38H66O14S2/c1-3-5-7-9-11-13-15-17-19-21-23-28-33(39)37(51-53(43,44)45)49-35(41)31-26-25-27-32(30-31)36(42)50-38(52-54(46,47)48)34(40)29-24-22-20-18-16-14-12-10-8-6-4-2/h25-27,30,33-34,37-40H,3-24,28-29H2,1-2H3,(H,43,44,45)(H,46,47,48). The second kappa shape index (κ2) is 29.1. The van der Waals surface area contributed by atoms with Crippen LogP contribution in [0.3, 0.4) is 0 Å². The highest BCUT2D eigenvalue weighted by molar-refractivity contribution is 7.81. The molecule has 14 nitrogen and oxygen atoms in total. The van der Waals surface area contributed by atoms with E-state index in [1.165, 1.54) is 82.4 Å². The first-order valence-corrected chi connectivity index (χ1v) is 22.6. The molecule has 314 valence electrons. The molecule has 0 saturated carbocycles. The fourth-order valence-corrected chi connectivity index (χ4v) is 6.81. The number of carbonyl (C=O) groups excluding carboxylic acids is 2. The minimum absolute atomic E-state index is 0.00746. The van der Waals surface area contributed by atoms with Crippen molar-refractivity contribution in [2.24, 2.45) is 0 Å². The summed E-state index contributed by atoms with van der Waals surface area (Å²) in [6, 6.07) is 4.63. The van der Waals surface area contributed by atoms with Crippen molar-refractivity contribution >= 4 is 32.7 Å². The summed E-state index contributed by atoms with van der Waals surface area (Å²) in [4.78, 5) is 25.9. The van der Waals surface area contributed by atoms with Gasteiger partial charge >= 0.3 is 32.7 Å². The molecule has 1 rings (SSSR count). The number of aliphatic hydroxyl groups excluding tert-OH is 2. The predicted octanol–water partition coefficient (Wildman–Crippen LogP) is 8.42. The van der Waals surface area contributed by atoms with E-state index < -0.39 is 57.5 Å². The molecular weight excluding hydrogens is 745 g/mol. The molecule has 0 saturated heterocycles. The summed E-state index contributed by atoms with van der Waals surface area (Å²) in [6.07, 6.45) is 15.7. The molecule has 0 radical (unpaired) electrons. The zero-order valence-corrected chi connectivity index (χ0v) is 33.9. The number of carbonyl (C=O) groups is 2. The Bertz CT molecular complexity index is 1270. The number of benzene rings is 1. The first kappa shape index (κ1) is 49.8. The van der Waals surface area contributed by atoms with Gasteiger partial charge in [0.2, 0.25) is 12.6 Å². The summed E-state index contributed by atoms with van der Waals surface area (Å²) in [7, 11) is -10.3. The van der Waals surface area contributed by atoms with Crippen molar-refractivity contribution in [3.05, 3.63) is 35.4 Å². The van der Waals surface area contributed by atoms with Gasteiger partial charge in [-0.1, -0.05) is 161 Å². The van der Waals surface area contributed by atoms with E-state index in [1.807, 2.05) is 0 Å². The summed E-state index contributed by atoms with van der Waals surface area (Å²) < 4.78 is 83.4. The molecule has 0 aliphatic carbocycles. The van der Waals surface area contributed by atoms with Gasteiger partial charge in [0, 0.05) is 0 Å². The van der Waals surface area contributed by atoms with Crippen LogP contribution in [0, 0.1) is 0 Å². The molecule has 4 atom stereocenters. The van der Waals surface area contributed by atoms with Crippen LogP contribution in [0.2, 0.25) is 0 Å².